The molecule has 1 aromatic rings. The molecule has 1 amide bonds. The Bertz CT molecular complexity index is 600. The molecule has 0 aliphatic carbocycles. The summed E-state index contributed by atoms with van der Waals surface area (Å²) >= 11 is 0. The number of amides is 1. The van der Waals surface area contributed by atoms with E-state index in [0.717, 1.165) is 0 Å². The predicted molar refractivity (Wildman–Crippen MR) is 76.3 cm³/mol. The van der Waals surface area contributed by atoms with Crippen molar-refractivity contribution in [3.05, 3.63) is 30.1 Å². The minimum Gasteiger partial charge on any atom is -0.484 e. The zero-order valence-electron chi connectivity index (χ0n) is 11.8. The second-order valence-electron chi connectivity index (χ2n) is 4.98. The van der Waals surface area contributed by atoms with Crippen LogP contribution >= 0.6 is 0 Å². The Balaban J connectivity index is 1.93. The van der Waals surface area contributed by atoms with E-state index in [9.17, 15) is 17.6 Å². The lowest BCUT2D eigenvalue weighted by atomic mass is 10.2. The Hall–Kier alpha value is -1.63. The van der Waals surface area contributed by atoms with Crippen LogP contribution in [0.25, 0.3) is 0 Å². The number of carbonyl (C=O) groups is 1. The van der Waals surface area contributed by atoms with Gasteiger partial charge in [-0.1, -0.05) is 0 Å². The molecule has 0 saturated carbocycles. The average molecular weight is 315 g/mol. The van der Waals surface area contributed by atoms with Crippen molar-refractivity contribution in [1.82, 2.24) is 4.90 Å². The summed E-state index contributed by atoms with van der Waals surface area (Å²) in [5.74, 6) is -0.0903. The van der Waals surface area contributed by atoms with Gasteiger partial charge >= 0.3 is 0 Å². The summed E-state index contributed by atoms with van der Waals surface area (Å²) in [6.45, 7) is 2.06. The molecule has 1 aliphatic rings. The molecule has 7 heteroatoms. The maximum atomic E-state index is 12.8. The Morgan fingerprint density at radius 2 is 2.05 bits per heavy atom. The van der Waals surface area contributed by atoms with Crippen LogP contribution in [0.5, 0.6) is 5.75 Å². The number of ether oxygens (including phenoxy) is 1. The summed E-state index contributed by atoms with van der Waals surface area (Å²) < 4.78 is 41.0. The Morgan fingerprint density at radius 1 is 1.38 bits per heavy atom. The first-order valence-electron chi connectivity index (χ1n) is 6.79. The highest BCUT2D eigenvalue weighted by atomic mass is 32.2. The van der Waals surface area contributed by atoms with E-state index in [1.54, 1.807) is 6.92 Å². The number of benzene rings is 1. The second kappa shape index (κ2) is 6.43. The van der Waals surface area contributed by atoms with Crippen LogP contribution in [-0.2, 0) is 14.6 Å². The molecule has 0 unspecified atom stereocenters. The van der Waals surface area contributed by atoms with Crippen molar-refractivity contribution in [2.45, 2.75) is 19.4 Å². The number of nitrogens with zero attached hydrogens (tertiary/aromatic N) is 1. The highest BCUT2D eigenvalue weighted by molar-refractivity contribution is 7.91. The van der Waals surface area contributed by atoms with Crippen molar-refractivity contribution in [1.29, 1.82) is 0 Å². The van der Waals surface area contributed by atoms with Gasteiger partial charge in [0.1, 0.15) is 11.6 Å². The van der Waals surface area contributed by atoms with E-state index in [4.69, 9.17) is 4.74 Å². The molecule has 116 valence electrons. The summed E-state index contributed by atoms with van der Waals surface area (Å²) in [4.78, 5) is 13.7. The lowest BCUT2D eigenvalue weighted by Gasteiger charge is -2.26. The van der Waals surface area contributed by atoms with Crippen LogP contribution in [0, 0.1) is 5.82 Å². The van der Waals surface area contributed by atoms with E-state index in [-0.39, 0.29) is 35.9 Å². The lowest BCUT2D eigenvalue weighted by Crippen LogP contribution is -2.43. The highest BCUT2D eigenvalue weighted by Crippen LogP contribution is 2.18. The van der Waals surface area contributed by atoms with Crippen molar-refractivity contribution >= 4 is 15.7 Å². The maximum absolute atomic E-state index is 12.8. The summed E-state index contributed by atoms with van der Waals surface area (Å²) in [7, 11) is -3.03. The molecule has 5 nitrogen and oxygen atoms in total. The van der Waals surface area contributed by atoms with Gasteiger partial charge in [0.25, 0.3) is 5.91 Å². The van der Waals surface area contributed by atoms with E-state index >= 15 is 0 Å². The molecule has 0 radical (unpaired) electrons. The number of hydrogen-bond acceptors (Lipinski definition) is 4. The Labute approximate surface area is 123 Å². The minimum atomic E-state index is -3.03. The molecule has 0 N–H and O–H groups in total. The molecule has 1 saturated heterocycles. The molecule has 21 heavy (non-hydrogen) atoms. The van der Waals surface area contributed by atoms with Gasteiger partial charge < -0.3 is 9.64 Å². The van der Waals surface area contributed by atoms with Gasteiger partial charge in [0.15, 0.2) is 16.4 Å². The number of rotatable bonds is 5. The summed E-state index contributed by atoms with van der Waals surface area (Å²) in [5.41, 5.74) is 0. The molecule has 2 rings (SSSR count). The highest BCUT2D eigenvalue weighted by Gasteiger charge is 2.33. The molecule has 1 atom stereocenters. The van der Waals surface area contributed by atoms with Crippen LogP contribution in [0.15, 0.2) is 24.3 Å². The predicted octanol–water partition coefficient (Wildman–Crippen LogP) is 1.24. The number of hydrogen-bond donors (Lipinski definition) is 0. The van der Waals surface area contributed by atoms with Crippen molar-refractivity contribution in [2.24, 2.45) is 0 Å². The SMILES string of the molecule is CCN(C(=O)COc1ccc(F)cc1)[C@@H]1CCS(=O)(=O)C1. The fourth-order valence-corrected chi connectivity index (χ4v) is 4.15. The van der Waals surface area contributed by atoms with E-state index in [1.807, 2.05) is 0 Å². The van der Waals surface area contributed by atoms with Gasteiger partial charge in [0.05, 0.1) is 11.5 Å². The number of sulfone groups is 1. The van der Waals surface area contributed by atoms with E-state index in [2.05, 4.69) is 0 Å². The van der Waals surface area contributed by atoms with Crippen LogP contribution in [0.1, 0.15) is 13.3 Å². The number of halogens is 1. The molecule has 1 aromatic carbocycles. The largest absolute Gasteiger partial charge is 0.484 e. The number of likely N-dealkylation sites (N-methyl/N-ethyl adjacent to an activating group) is 1. The van der Waals surface area contributed by atoms with Gasteiger partial charge in [-0.15, -0.1) is 0 Å². The molecule has 1 fully saturated rings. The van der Waals surface area contributed by atoms with Crippen LogP contribution in [-0.4, -0.2) is 49.9 Å². The third-order valence-electron chi connectivity index (χ3n) is 3.49. The lowest BCUT2D eigenvalue weighted by molar-refractivity contribution is -0.135. The van der Waals surface area contributed by atoms with Crippen LogP contribution in [0.2, 0.25) is 0 Å². The van der Waals surface area contributed by atoms with Crippen LogP contribution in [0.3, 0.4) is 0 Å². The van der Waals surface area contributed by atoms with Crippen molar-refractivity contribution < 1.29 is 22.3 Å². The topological polar surface area (TPSA) is 63.7 Å². The van der Waals surface area contributed by atoms with Gasteiger partial charge in [-0.25, -0.2) is 12.8 Å². The van der Waals surface area contributed by atoms with Gasteiger partial charge in [0, 0.05) is 12.6 Å². The van der Waals surface area contributed by atoms with Crippen molar-refractivity contribution in [2.75, 3.05) is 24.7 Å². The standard InChI is InChI=1S/C14H18FNO4S/c1-2-16(12-7-8-21(18,19)10-12)14(17)9-20-13-5-3-11(15)4-6-13/h3-6,12H,2,7-10H2,1H3/t12-/m1/s1. The van der Waals surface area contributed by atoms with E-state index in [0.29, 0.717) is 18.7 Å². The van der Waals surface area contributed by atoms with Gasteiger partial charge in [-0.2, -0.15) is 0 Å². The first-order valence-corrected chi connectivity index (χ1v) is 8.61. The van der Waals surface area contributed by atoms with Gasteiger partial charge in [-0.3, -0.25) is 4.79 Å². The summed E-state index contributed by atoms with van der Waals surface area (Å²) in [6.07, 6.45) is 0.471. The summed E-state index contributed by atoms with van der Waals surface area (Å²) in [5, 5.41) is 0. The Morgan fingerprint density at radius 3 is 2.57 bits per heavy atom. The molecule has 0 aromatic heterocycles. The van der Waals surface area contributed by atoms with Crippen LogP contribution in [0.4, 0.5) is 4.39 Å². The first-order chi connectivity index (χ1) is 9.91. The van der Waals surface area contributed by atoms with E-state index < -0.39 is 9.84 Å². The van der Waals surface area contributed by atoms with Gasteiger partial charge in [-0.05, 0) is 37.6 Å². The molecule has 0 spiro atoms. The monoisotopic (exact) mass is 315 g/mol. The van der Waals surface area contributed by atoms with Crippen molar-refractivity contribution in [3.63, 3.8) is 0 Å². The number of carbonyl (C=O) groups excluding carboxylic acids is 1. The Kier molecular flexibility index (Phi) is 4.82. The molecule has 0 bridgehead atoms. The van der Waals surface area contributed by atoms with Crippen molar-refractivity contribution in [3.8, 4) is 5.75 Å². The molecule has 1 heterocycles. The fraction of sp³-hybridized carbons (Fsp3) is 0.500. The average Bonchev–Trinajstić information content (AvgIpc) is 2.79. The second-order valence-corrected chi connectivity index (χ2v) is 7.21. The van der Waals surface area contributed by atoms with Gasteiger partial charge in [0.2, 0.25) is 0 Å². The molecule has 1 aliphatic heterocycles. The molecular formula is C14H18FNO4S. The third-order valence-corrected chi connectivity index (χ3v) is 5.24. The smallest absolute Gasteiger partial charge is 0.260 e. The maximum Gasteiger partial charge on any atom is 0.260 e. The summed E-state index contributed by atoms with van der Waals surface area (Å²) in [6, 6.07) is 5.11. The normalized spacial score (nSPS) is 20.2. The minimum absolute atomic E-state index is 0.0170. The van der Waals surface area contributed by atoms with E-state index in [1.165, 1.54) is 29.2 Å². The fourth-order valence-electron chi connectivity index (χ4n) is 2.42. The zero-order valence-corrected chi connectivity index (χ0v) is 12.6. The quantitative estimate of drug-likeness (QED) is 0.820. The van der Waals surface area contributed by atoms with Crippen LogP contribution < -0.4 is 4.74 Å². The first kappa shape index (κ1) is 15.8. The third kappa shape index (κ3) is 4.17. The zero-order chi connectivity index (χ0) is 15.5. The molecular weight excluding hydrogens is 297 g/mol.